The molecule has 1 N–H and O–H groups in total. The van der Waals surface area contributed by atoms with Crippen LogP contribution in [0.1, 0.15) is 25.5 Å². The molecule has 0 aliphatic rings. The van der Waals surface area contributed by atoms with E-state index in [-0.39, 0.29) is 12.7 Å². The fourth-order valence-corrected chi connectivity index (χ4v) is 1.59. The van der Waals surface area contributed by atoms with Crippen LogP contribution >= 0.6 is 0 Å². The van der Waals surface area contributed by atoms with Crippen LogP contribution in [0.3, 0.4) is 0 Å². The second-order valence-electron chi connectivity index (χ2n) is 4.12. The number of rotatable bonds is 8. The first-order chi connectivity index (χ1) is 8.67. The van der Waals surface area contributed by atoms with Crippen molar-refractivity contribution < 1.29 is 19.3 Å². The predicted octanol–water partition coefficient (Wildman–Crippen LogP) is 2.17. The Morgan fingerprint density at radius 3 is 2.39 bits per heavy atom. The van der Waals surface area contributed by atoms with E-state index >= 15 is 0 Å². The average molecular weight is 254 g/mol. The lowest BCUT2D eigenvalue weighted by Gasteiger charge is -2.16. The monoisotopic (exact) mass is 254 g/mol. The molecule has 0 aliphatic heterocycles. The lowest BCUT2D eigenvalue weighted by atomic mass is 10.1. The zero-order valence-corrected chi connectivity index (χ0v) is 11.3. The summed E-state index contributed by atoms with van der Waals surface area (Å²) in [6.45, 7) is 5.27. The number of aliphatic hydroxyl groups is 1. The number of hydrogen-bond donors (Lipinski definition) is 1. The molecule has 0 aromatic heterocycles. The van der Waals surface area contributed by atoms with E-state index in [0.717, 1.165) is 11.3 Å². The Hall–Kier alpha value is -1.10. The van der Waals surface area contributed by atoms with Gasteiger partial charge in [0.25, 0.3) is 0 Å². The van der Waals surface area contributed by atoms with E-state index in [1.54, 1.807) is 7.11 Å². The van der Waals surface area contributed by atoms with Gasteiger partial charge in [0.05, 0.1) is 25.9 Å². The van der Waals surface area contributed by atoms with Crippen LogP contribution in [0.2, 0.25) is 0 Å². The predicted molar refractivity (Wildman–Crippen MR) is 69.9 cm³/mol. The largest absolute Gasteiger partial charge is 0.494 e. The van der Waals surface area contributed by atoms with Gasteiger partial charge in [-0.2, -0.15) is 0 Å². The second kappa shape index (κ2) is 8.08. The topological polar surface area (TPSA) is 47.9 Å². The van der Waals surface area contributed by atoms with E-state index in [2.05, 4.69) is 0 Å². The van der Waals surface area contributed by atoms with Crippen molar-refractivity contribution in [1.82, 2.24) is 0 Å². The summed E-state index contributed by atoms with van der Waals surface area (Å²) in [4.78, 5) is 0. The molecule has 0 saturated heterocycles. The summed E-state index contributed by atoms with van der Waals surface area (Å²) in [7, 11) is 1.63. The molecule has 2 atom stereocenters. The van der Waals surface area contributed by atoms with Crippen molar-refractivity contribution in [2.75, 3.05) is 26.9 Å². The molecule has 1 aromatic rings. The molecule has 0 radical (unpaired) electrons. The molecule has 0 heterocycles. The molecule has 1 aromatic carbocycles. The summed E-state index contributed by atoms with van der Waals surface area (Å²) >= 11 is 0. The van der Waals surface area contributed by atoms with E-state index in [1.165, 1.54) is 0 Å². The maximum absolute atomic E-state index is 9.95. The van der Waals surface area contributed by atoms with E-state index < -0.39 is 6.10 Å². The fraction of sp³-hybridized carbons (Fsp3) is 0.571. The average Bonchev–Trinajstić information content (AvgIpc) is 2.37. The van der Waals surface area contributed by atoms with Crippen molar-refractivity contribution in [2.24, 2.45) is 0 Å². The van der Waals surface area contributed by atoms with Crippen LogP contribution in [-0.2, 0) is 9.47 Å². The van der Waals surface area contributed by atoms with Crippen LogP contribution in [0.5, 0.6) is 5.75 Å². The van der Waals surface area contributed by atoms with Crippen molar-refractivity contribution >= 4 is 0 Å². The molecule has 102 valence electrons. The van der Waals surface area contributed by atoms with Crippen LogP contribution in [-0.4, -0.2) is 38.1 Å². The van der Waals surface area contributed by atoms with Gasteiger partial charge >= 0.3 is 0 Å². The SMILES string of the molecule is CCOc1ccc(C(O)COC(C)COC)cc1. The standard InChI is InChI=1S/C14H22O4/c1-4-17-13-7-5-12(6-8-13)14(15)10-18-11(2)9-16-3/h5-8,11,14-15H,4,9-10H2,1-3H3. The Morgan fingerprint density at radius 1 is 1.17 bits per heavy atom. The van der Waals surface area contributed by atoms with Crippen molar-refractivity contribution in [3.05, 3.63) is 29.8 Å². The van der Waals surface area contributed by atoms with Crippen LogP contribution in [0.25, 0.3) is 0 Å². The minimum atomic E-state index is -0.625. The van der Waals surface area contributed by atoms with Gasteiger partial charge in [0.1, 0.15) is 11.9 Å². The summed E-state index contributed by atoms with van der Waals surface area (Å²) in [5.41, 5.74) is 0.822. The van der Waals surface area contributed by atoms with Gasteiger partial charge in [-0.15, -0.1) is 0 Å². The first-order valence-corrected chi connectivity index (χ1v) is 6.18. The highest BCUT2D eigenvalue weighted by molar-refractivity contribution is 5.28. The number of benzene rings is 1. The zero-order chi connectivity index (χ0) is 13.4. The van der Waals surface area contributed by atoms with Gasteiger partial charge in [-0.05, 0) is 31.5 Å². The quantitative estimate of drug-likeness (QED) is 0.772. The van der Waals surface area contributed by atoms with Gasteiger partial charge in [-0.25, -0.2) is 0 Å². The zero-order valence-electron chi connectivity index (χ0n) is 11.3. The Kier molecular flexibility index (Phi) is 6.72. The lowest BCUT2D eigenvalue weighted by Crippen LogP contribution is -2.18. The first kappa shape index (κ1) is 15.0. The Morgan fingerprint density at radius 2 is 1.83 bits per heavy atom. The molecule has 0 amide bonds. The van der Waals surface area contributed by atoms with Gasteiger partial charge in [-0.1, -0.05) is 12.1 Å². The molecule has 1 rings (SSSR count). The van der Waals surface area contributed by atoms with Crippen LogP contribution in [0.15, 0.2) is 24.3 Å². The highest BCUT2D eigenvalue weighted by atomic mass is 16.5. The third-order valence-electron chi connectivity index (χ3n) is 2.52. The molecule has 2 unspecified atom stereocenters. The highest BCUT2D eigenvalue weighted by Crippen LogP contribution is 2.18. The van der Waals surface area contributed by atoms with Crippen molar-refractivity contribution in [2.45, 2.75) is 26.1 Å². The van der Waals surface area contributed by atoms with Gasteiger partial charge in [0, 0.05) is 7.11 Å². The molecule has 0 aliphatic carbocycles. The van der Waals surface area contributed by atoms with Crippen LogP contribution in [0, 0.1) is 0 Å². The third-order valence-corrected chi connectivity index (χ3v) is 2.52. The maximum atomic E-state index is 9.95. The van der Waals surface area contributed by atoms with E-state index in [4.69, 9.17) is 14.2 Å². The smallest absolute Gasteiger partial charge is 0.119 e. The van der Waals surface area contributed by atoms with E-state index in [0.29, 0.717) is 13.2 Å². The van der Waals surface area contributed by atoms with Gasteiger partial charge < -0.3 is 19.3 Å². The molecule has 4 nitrogen and oxygen atoms in total. The molecule has 0 bridgehead atoms. The summed E-state index contributed by atoms with van der Waals surface area (Å²) in [5.74, 6) is 0.808. The summed E-state index contributed by atoms with van der Waals surface area (Å²) in [6.07, 6.45) is -0.646. The van der Waals surface area contributed by atoms with E-state index in [9.17, 15) is 5.11 Å². The third kappa shape index (κ3) is 5.04. The molecule has 0 saturated carbocycles. The van der Waals surface area contributed by atoms with Crippen molar-refractivity contribution in [3.63, 3.8) is 0 Å². The second-order valence-corrected chi connectivity index (χ2v) is 4.12. The van der Waals surface area contributed by atoms with Crippen LogP contribution < -0.4 is 4.74 Å². The van der Waals surface area contributed by atoms with Crippen molar-refractivity contribution in [3.8, 4) is 5.75 Å². The van der Waals surface area contributed by atoms with Gasteiger partial charge in [-0.3, -0.25) is 0 Å². The normalized spacial score (nSPS) is 14.2. The maximum Gasteiger partial charge on any atom is 0.119 e. The molecular formula is C14H22O4. The number of ether oxygens (including phenoxy) is 3. The summed E-state index contributed by atoms with van der Waals surface area (Å²) in [6, 6.07) is 7.39. The Bertz CT molecular complexity index is 323. The minimum Gasteiger partial charge on any atom is -0.494 e. The minimum absolute atomic E-state index is 0.0210. The summed E-state index contributed by atoms with van der Waals surface area (Å²) in [5, 5.41) is 9.95. The molecule has 0 fully saturated rings. The number of hydrogen-bond acceptors (Lipinski definition) is 4. The summed E-state index contributed by atoms with van der Waals surface area (Å²) < 4.78 is 15.8. The Labute approximate surface area is 108 Å². The fourth-order valence-electron chi connectivity index (χ4n) is 1.59. The van der Waals surface area contributed by atoms with Gasteiger partial charge in [0.2, 0.25) is 0 Å². The van der Waals surface area contributed by atoms with E-state index in [1.807, 2.05) is 38.1 Å². The number of aliphatic hydroxyl groups excluding tert-OH is 1. The number of methoxy groups -OCH3 is 1. The molecule has 0 spiro atoms. The lowest BCUT2D eigenvalue weighted by molar-refractivity contribution is -0.0325. The van der Waals surface area contributed by atoms with Crippen molar-refractivity contribution in [1.29, 1.82) is 0 Å². The molecule has 4 heteroatoms. The van der Waals surface area contributed by atoms with Crippen LogP contribution in [0.4, 0.5) is 0 Å². The highest BCUT2D eigenvalue weighted by Gasteiger charge is 2.10. The molecule has 18 heavy (non-hydrogen) atoms. The molecular weight excluding hydrogens is 232 g/mol. The first-order valence-electron chi connectivity index (χ1n) is 6.18. The Balaban J connectivity index is 2.43. The van der Waals surface area contributed by atoms with Gasteiger partial charge in [0.15, 0.2) is 0 Å².